The third kappa shape index (κ3) is 6.15. The topological polar surface area (TPSA) is 88.9 Å². The number of aromatic nitrogens is 3. The number of rotatable bonds is 9. The highest BCUT2D eigenvalue weighted by Crippen LogP contribution is 2.25. The Kier molecular flexibility index (Phi) is 8.52. The van der Waals surface area contributed by atoms with Crippen LogP contribution in [0.5, 0.6) is 0 Å². The molecule has 7 nitrogen and oxygen atoms in total. The molecule has 0 saturated heterocycles. The molecule has 2 N–H and O–H groups in total. The molecule has 1 aromatic heterocycles. The van der Waals surface area contributed by atoms with Gasteiger partial charge in [-0.15, -0.1) is 10.2 Å². The van der Waals surface area contributed by atoms with Crippen molar-refractivity contribution in [3.05, 3.63) is 70.5 Å². The van der Waals surface area contributed by atoms with Crippen LogP contribution in [0.1, 0.15) is 61.4 Å². The molecular weight excluding hydrogens is 458 g/mol. The summed E-state index contributed by atoms with van der Waals surface area (Å²) in [7, 11) is 0. The minimum atomic E-state index is -0.387. The van der Waals surface area contributed by atoms with Crippen molar-refractivity contribution in [1.82, 2.24) is 20.1 Å². The van der Waals surface area contributed by atoms with Crippen LogP contribution in [-0.2, 0) is 11.3 Å². The van der Waals surface area contributed by atoms with Crippen LogP contribution in [0.15, 0.2) is 53.7 Å². The lowest BCUT2D eigenvalue weighted by molar-refractivity contribution is -0.113. The van der Waals surface area contributed by atoms with Gasteiger partial charge in [0.05, 0.1) is 22.4 Å². The largest absolute Gasteiger partial charge is 0.342 e. The van der Waals surface area contributed by atoms with Crippen molar-refractivity contribution < 1.29 is 9.59 Å². The predicted molar refractivity (Wildman–Crippen MR) is 133 cm³/mol. The summed E-state index contributed by atoms with van der Waals surface area (Å²) in [6.45, 7) is 8.61. The summed E-state index contributed by atoms with van der Waals surface area (Å²) >= 11 is 7.44. The summed E-state index contributed by atoms with van der Waals surface area (Å²) in [5, 5.41) is 15.4. The van der Waals surface area contributed by atoms with Crippen LogP contribution >= 0.6 is 23.4 Å². The van der Waals surface area contributed by atoms with Gasteiger partial charge in [0.15, 0.2) is 11.0 Å². The molecule has 1 atom stereocenters. The van der Waals surface area contributed by atoms with Crippen molar-refractivity contribution in [2.45, 2.75) is 51.4 Å². The van der Waals surface area contributed by atoms with Crippen LogP contribution in [-0.4, -0.2) is 32.3 Å². The molecule has 3 rings (SSSR count). The van der Waals surface area contributed by atoms with E-state index < -0.39 is 0 Å². The summed E-state index contributed by atoms with van der Waals surface area (Å²) < 4.78 is 1.90. The standard InChI is InChI=1S/C24H28ClN5O2S/c1-5-30-22(16(4)26-23(32)18-11-6-8-12-19(18)25)28-29-24(30)33-14-21(31)27-20-13-9-7-10-17(20)15(2)3/h6-13,15-16H,5,14H2,1-4H3,(H,26,32)(H,27,31)/t16-/m1/s1. The van der Waals surface area contributed by atoms with Crippen molar-refractivity contribution in [2.24, 2.45) is 0 Å². The predicted octanol–water partition coefficient (Wildman–Crippen LogP) is 5.30. The number of anilines is 1. The number of amides is 2. The third-order valence-electron chi connectivity index (χ3n) is 5.10. The lowest BCUT2D eigenvalue weighted by atomic mass is 10.0. The number of nitrogens with zero attached hydrogens (tertiary/aromatic N) is 3. The van der Waals surface area contributed by atoms with Crippen LogP contribution in [0.2, 0.25) is 5.02 Å². The second kappa shape index (κ2) is 11.3. The maximum Gasteiger partial charge on any atom is 0.253 e. The first-order chi connectivity index (χ1) is 15.8. The van der Waals surface area contributed by atoms with Gasteiger partial charge in [-0.2, -0.15) is 0 Å². The number of halogens is 1. The van der Waals surface area contributed by atoms with Gasteiger partial charge in [-0.05, 0) is 43.5 Å². The zero-order valence-corrected chi connectivity index (χ0v) is 20.7. The van der Waals surface area contributed by atoms with E-state index in [4.69, 9.17) is 11.6 Å². The molecule has 0 aliphatic heterocycles. The van der Waals surface area contributed by atoms with Gasteiger partial charge in [-0.3, -0.25) is 9.59 Å². The van der Waals surface area contributed by atoms with Gasteiger partial charge in [0.2, 0.25) is 5.91 Å². The van der Waals surface area contributed by atoms with Gasteiger partial charge < -0.3 is 15.2 Å². The molecule has 0 unspecified atom stereocenters. The molecule has 0 aliphatic rings. The molecule has 3 aromatic rings. The minimum Gasteiger partial charge on any atom is -0.342 e. The summed E-state index contributed by atoms with van der Waals surface area (Å²) in [6.07, 6.45) is 0. The van der Waals surface area contributed by atoms with Crippen LogP contribution in [0, 0.1) is 0 Å². The molecule has 2 amide bonds. The fourth-order valence-electron chi connectivity index (χ4n) is 3.44. The van der Waals surface area contributed by atoms with Crippen LogP contribution < -0.4 is 10.6 Å². The number of nitrogens with one attached hydrogen (secondary N) is 2. The van der Waals surface area contributed by atoms with E-state index >= 15 is 0 Å². The Morgan fingerprint density at radius 1 is 1.06 bits per heavy atom. The first kappa shape index (κ1) is 24.8. The normalized spacial score (nSPS) is 11.9. The first-order valence-electron chi connectivity index (χ1n) is 10.8. The SMILES string of the molecule is CCn1c(SCC(=O)Nc2ccccc2C(C)C)nnc1[C@@H](C)NC(=O)c1ccccc1Cl. The summed E-state index contributed by atoms with van der Waals surface area (Å²) in [5.41, 5.74) is 2.33. The molecule has 0 aliphatic carbocycles. The zero-order valence-electron chi connectivity index (χ0n) is 19.1. The molecule has 174 valence electrons. The monoisotopic (exact) mass is 485 g/mol. The summed E-state index contributed by atoms with van der Waals surface area (Å²) in [5.74, 6) is 0.732. The number of benzene rings is 2. The van der Waals surface area contributed by atoms with E-state index in [2.05, 4.69) is 34.7 Å². The molecule has 33 heavy (non-hydrogen) atoms. The highest BCUT2D eigenvalue weighted by Gasteiger charge is 2.21. The Balaban J connectivity index is 1.65. The van der Waals surface area contributed by atoms with E-state index in [-0.39, 0.29) is 23.6 Å². The number of hydrogen-bond acceptors (Lipinski definition) is 5. The molecule has 0 saturated carbocycles. The number of carbonyl (C=O) groups excluding carboxylic acids is 2. The maximum atomic E-state index is 12.6. The van der Waals surface area contributed by atoms with E-state index in [0.29, 0.717) is 34.0 Å². The third-order valence-corrected chi connectivity index (χ3v) is 6.40. The number of para-hydroxylation sites is 1. The van der Waals surface area contributed by atoms with Gasteiger partial charge in [-0.25, -0.2) is 0 Å². The van der Waals surface area contributed by atoms with E-state index in [1.54, 1.807) is 24.3 Å². The quantitative estimate of drug-likeness (QED) is 0.401. The molecule has 1 heterocycles. The fourth-order valence-corrected chi connectivity index (χ4v) is 4.47. The lowest BCUT2D eigenvalue weighted by Gasteiger charge is -2.16. The van der Waals surface area contributed by atoms with E-state index in [0.717, 1.165) is 11.3 Å². The summed E-state index contributed by atoms with van der Waals surface area (Å²) in [4.78, 5) is 25.2. The highest BCUT2D eigenvalue weighted by molar-refractivity contribution is 7.99. The molecule has 0 bridgehead atoms. The van der Waals surface area contributed by atoms with Gasteiger partial charge in [-0.1, -0.05) is 67.5 Å². The second-order valence-electron chi connectivity index (χ2n) is 7.84. The van der Waals surface area contributed by atoms with Crippen LogP contribution in [0.3, 0.4) is 0 Å². The van der Waals surface area contributed by atoms with Crippen molar-refractivity contribution in [2.75, 3.05) is 11.1 Å². The van der Waals surface area contributed by atoms with Crippen LogP contribution in [0.4, 0.5) is 5.69 Å². The average Bonchev–Trinajstić information content (AvgIpc) is 3.21. The maximum absolute atomic E-state index is 12.6. The Labute approximate surface area is 203 Å². The Morgan fingerprint density at radius 2 is 1.76 bits per heavy atom. The fraction of sp³-hybridized carbons (Fsp3) is 0.333. The van der Waals surface area contributed by atoms with Crippen molar-refractivity contribution >= 4 is 40.9 Å². The van der Waals surface area contributed by atoms with Gasteiger partial charge >= 0.3 is 0 Å². The Hall–Kier alpha value is -2.84. The molecule has 0 spiro atoms. The van der Waals surface area contributed by atoms with E-state index in [9.17, 15) is 9.59 Å². The van der Waals surface area contributed by atoms with Gasteiger partial charge in [0.25, 0.3) is 5.91 Å². The lowest BCUT2D eigenvalue weighted by Crippen LogP contribution is -2.29. The summed E-state index contributed by atoms with van der Waals surface area (Å²) in [6, 6.07) is 14.3. The van der Waals surface area contributed by atoms with Gasteiger partial charge in [0, 0.05) is 12.2 Å². The Bertz CT molecular complexity index is 1130. The average molecular weight is 486 g/mol. The highest BCUT2D eigenvalue weighted by atomic mass is 35.5. The minimum absolute atomic E-state index is 0.111. The smallest absolute Gasteiger partial charge is 0.253 e. The Morgan fingerprint density at radius 3 is 2.45 bits per heavy atom. The first-order valence-corrected chi connectivity index (χ1v) is 12.2. The van der Waals surface area contributed by atoms with Crippen molar-refractivity contribution in [3.8, 4) is 0 Å². The van der Waals surface area contributed by atoms with E-state index in [1.807, 2.05) is 42.7 Å². The van der Waals surface area contributed by atoms with Gasteiger partial charge in [0.1, 0.15) is 0 Å². The molecule has 9 heteroatoms. The molecule has 0 radical (unpaired) electrons. The molecular formula is C24H28ClN5O2S. The second-order valence-corrected chi connectivity index (χ2v) is 9.19. The van der Waals surface area contributed by atoms with Crippen LogP contribution in [0.25, 0.3) is 0 Å². The van der Waals surface area contributed by atoms with Crippen molar-refractivity contribution in [3.63, 3.8) is 0 Å². The number of carbonyl (C=O) groups is 2. The molecule has 0 fully saturated rings. The van der Waals surface area contributed by atoms with Crippen molar-refractivity contribution in [1.29, 1.82) is 0 Å². The zero-order chi connectivity index (χ0) is 24.0. The number of hydrogen-bond donors (Lipinski definition) is 2. The molecule has 2 aromatic carbocycles. The van der Waals surface area contributed by atoms with E-state index in [1.165, 1.54) is 11.8 Å². The number of thioether (sulfide) groups is 1.